The van der Waals surface area contributed by atoms with Crippen molar-refractivity contribution in [2.45, 2.75) is 18.9 Å². The van der Waals surface area contributed by atoms with E-state index in [1.165, 1.54) is 0 Å². The number of hydrogen-bond acceptors (Lipinski definition) is 4. The molecule has 0 aromatic heterocycles. The molecule has 7 heteroatoms. The Hall–Kier alpha value is -1.63. The summed E-state index contributed by atoms with van der Waals surface area (Å²) in [6.45, 7) is 0. The minimum absolute atomic E-state index is 0.419. The first-order valence-electron chi connectivity index (χ1n) is 3.71. The van der Waals surface area contributed by atoms with E-state index in [4.69, 9.17) is 20.4 Å². The molecule has 0 aromatic rings. The van der Waals surface area contributed by atoms with Gasteiger partial charge in [0.2, 0.25) is 0 Å². The first-order valence-corrected chi connectivity index (χ1v) is 3.71. The minimum atomic E-state index is -2.08. The second-order valence-corrected chi connectivity index (χ2v) is 2.66. The smallest absolute Gasteiger partial charge is 0.333 e. The largest absolute Gasteiger partial charge is 0.481 e. The van der Waals surface area contributed by atoms with Crippen molar-refractivity contribution < 1.29 is 34.8 Å². The van der Waals surface area contributed by atoms with Crippen LogP contribution >= 0.6 is 0 Å². The zero-order valence-corrected chi connectivity index (χ0v) is 7.08. The van der Waals surface area contributed by atoms with E-state index in [1.807, 2.05) is 0 Å². The highest BCUT2D eigenvalue weighted by molar-refractivity contribution is 5.82. The van der Waals surface area contributed by atoms with Crippen LogP contribution in [0.15, 0.2) is 0 Å². The molecule has 0 aromatic carbocycles. The van der Waals surface area contributed by atoms with Crippen LogP contribution in [0.3, 0.4) is 0 Å². The highest BCUT2D eigenvalue weighted by Crippen LogP contribution is 2.12. The molecule has 0 rings (SSSR count). The maximum atomic E-state index is 10.4. The molecule has 0 heterocycles. The highest BCUT2D eigenvalue weighted by Gasteiger charge is 2.32. The number of rotatable bonds is 6. The average Bonchev–Trinajstić information content (AvgIpc) is 2.02. The van der Waals surface area contributed by atoms with E-state index in [9.17, 15) is 14.4 Å². The summed E-state index contributed by atoms with van der Waals surface area (Å²) in [6, 6.07) is 0. The van der Waals surface area contributed by atoms with Gasteiger partial charge in [-0.15, -0.1) is 0 Å². The molecule has 0 aliphatic rings. The molecule has 0 aliphatic heterocycles. The molecule has 0 amide bonds. The van der Waals surface area contributed by atoms with Crippen molar-refractivity contribution in [2.24, 2.45) is 5.92 Å². The SMILES string of the molecule is O=C(O)CC[C@H](C(=O)O)[C@H](O)C(=O)O. The summed E-state index contributed by atoms with van der Waals surface area (Å²) in [5, 5.41) is 33.9. The number of hydrogen-bond donors (Lipinski definition) is 4. The van der Waals surface area contributed by atoms with E-state index in [1.54, 1.807) is 0 Å². The normalized spacial score (nSPS) is 14.4. The Bertz CT molecular complexity index is 246. The molecular formula is C7H10O7. The number of carboxylic acid groups (broad SMARTS) is 3. The van der Waals surface area contributed by atoms with Crippen molar-refractivity contribution in [1.29, 1.82) is 0 Å². The predicted molar refractivity (Wildman–Crippen MR) is 41.6 cm³/mol. The number of carboxylic acids is 3. The first-order chi connectivity index (χ1) is 6.36. The molecule has 0 saturated carbocycles. The summed E-state index contributed by atoms with van der Waals surface area (Å²) in [6.07, 6.45) is -2.99. The van der Waals surface area contributed by atoms with E-state index in [-0.39, 0.29) is 0 Å². The Kier molecular flexibility index (Phi) is 4.57. The maximum absolute atomic E-state index is 10.4. The fraction of sp³-hybridized carbons (Fsp3) is 0.571. The van der Waals surface area contributed by atoms with Crippen LogP contribution in [0.1, 0.15) is 12.8 Å². The molecule has 80 valence electrons. The Morgan fingerprint density at radius 3 is 1.79 bits per heavy atom. The van der Waals surface area contributed by atoms with Crippen LogP contribution in [0.4, 0.5) is 0 Å². The summed E-state index contributed by atoms with van der Waals surface area (Å²) in [5.41, 5.74) is 0. The predicted octanol–water partition coefficient (Wildman–Crippen LogP) is -1.00. The topological polar surface area (TPSA) is 132 Å². The molecular weight excluding hydrogens is 196 g/mol. The molecule has 0 radical (unpaired) electrons. The lowest BCUT2D eigenvalue weighted by molar-refractivity contribution is -0.160. The summed E-state index contributed by atoms with van der Waals surface area (Å²) in [4.78, 5) is 30.8. The van der Waals surface area contributed by atoms with Gasteiger partial charge in [-0.05, 0) is 6.42 Å². The van der Waals surface area contributed by atoms with E-state index in [0.717, 1.165) is 0 Å². The third-order valence-corrected chi connectivity index (χ3v) is 1.62. The Labute approximate surface area is 78.6 Å². The summed E-state index contributed by atoms with van der Waals surface area (Å²) in [5.74, 6) is -6.04. The van der Waals surface area contributed by atoms with E-state index in [0.29, 0.717) is 0 Å². The molecule has 0 spiro atoms. The number of aliphatic carboxylic acids is 3. The van der Waals surface area contributed by atoms with Gasteiger partial charge in [0, 0.05) is 6.42 Å². The molecule has 14 heavy (non-hydrogen) atoms. The Balaban J connectivity index is 4.37. The van der Waals surface area contributed by atoms with Crippen LogP contribution in [0, 0.1) is 5.92 Å². The van der Waals surface area contributed by atoms with Gasteiger partial charge in [0.05, 0.1) is 5.92 Å². The van der Waals surface area contributed by atoms with Crippen molar-refractivity contribution >= 4 is 17.9 Å². The lowest BCUT2D eigenvalue weighted by atomic mass is 9.97. The average molecular weight is 206 g/mol. The Morgan fingerprint density at radius 1 is 1.00 bits per heavy atom. The van der Waals surface area contributed by atoms with Gasteiger partial charge in [0.15, 0.2) is 6.10 Å². The Morgan fingerprint density at radius 2 is 1.50 bits per heavy atom. The lowest BCUT2D eigenvalue weighted by Crippen LogP contribution is -2.35. The van der Waals surface area contributed by atoms with E-state index >= 15 is 0 Å². The van der Waals surface area contributed by atoms with Crippen LogP contribution in [0.5, 0.6) is 0 Å². The van der Waals surface area contributed by atoms with Crippen LogP contribution in [0.25, 0.3) is 0 Å². The van der Waals surface area contributed by atoms with Crippen molar-refractivity contribution in [3.63, 3.8) is 0 Å². The number of aliphatic hydroxyl groups is 1. The third-order valence-electron chi connectivity index (χ3n) is 1.62. The van der Waals surface area contributed by atoms with Crippen molar-refractivity contribution in [1.82, 2.24) is 0 Å². The number of aliphatic hydroxyl groups excluding tert-OH is 1. The van der Waals surface area contributed by atoms with Gasteiger partial charge in [0.25, 0.3) is 0 Å². The maximum Gasteiger partial charge on any atom is 0.333 e. The molecule has 0 bridgehead atoms. The monoisotopic (exact) mass is 206 g/mol. The first kappa shape index (κ1) is 12.4. The van der Waals surface area contributed by atoms with Crippen molar-refractivity contribution in [2.75, 3.05) is 0 Å². The fourth-order valence-electron chi connectivity index (χ4n) is 0.867. The summed E-state index contributed by atoms with van der Waals surface area (Å²) >= 11 is 0. The van der Waals surface area contributed by atoms with Crippen LogP contribution in [-0.4, -0.2) is 44.4 Å². The van der Waals surface area contributed by atoms with Gasteiger partial charge in [-0.2, -0.15) is 0 Å². The lowest BCUT2D eigenvalue weighted by Gasteiger charge is -2.13. The van der Waals surface area contributed by atoms with Gasteiger partial charge in [-0.1, -0.05) is 0 Å². The van der Waals surface area contributed by atoms with Crippen molar-refractivity contribution in [3.05, 3.63) is 0 Å². The van der Waals surface area contributed by atoms with Crippen molar-refractivity contribution in [3.8, 4) is 0 Å². The van der Waals surface area contributed by atoms with Gasteiger partial charge in [0.1, 0.15) is 0 Å². The molecule has 4 N–H and O–H groups in total. The standard InChI is InChI=1S/C7H10O7/c8-4(9)2-1-3(6(11)12)5(10)7(13)14/h3,5,10H,1-2H2,(H,8,9)(H,11,12)(H,13,14)/t3-,5-/m0/s1. The third kappa shape index (κ3) is 3.85. The molecule has 0 unspecified atom stereocenters. The van der Waals surface area contributed by atoms with Gasteiger partial charge in [-0.3, -0.25) is 9.59 Å². The summed E-state index contributed by atoms with van der Waals surface area (Å²) in [7, 11) is 0. The number of carbonyl (C=O) groups is 3. The molecule has 0 aliphatic carbocycles. The van der Waals surface area contributed by atoms with E-state index in [2.05, 4.69) is 0 Å². The summed E-state index contributed by atoms with van der Waals surface area (Å²) < 4.78 is 0. The van der Waals surface area contributed by atoms with Gasteiger partial charge in [-0.25, -0.2) is 4.79 Å². The molecule has 0 fully saturated rings. The van der Waals surface area contributed by atoms with E-state index < -0.39 is 42.8 Å². The second kappa shape index (κ2) is 5.18. The second-order valence-electron chi connectivity index (χ2n) is 2.66. The molecule has 0 saturated heterocycles. The zero-order chi connectivity index (χ0) is 11.3. The van der Waals surface area contributed by atoms with Crippen LogP contribution in [0.2, 0.25) is 0 Å². The molecule has 2 atom stereocenters. The van der Waals surface area contributed by atoms with Gasteiger partial charge >= 0.3 is 17.9 Å². The quantitative estimate of drug-likeness (QED) is 0.438. The molecule has 7 nitrogen and oxygen atoms in total. The highest BCUT2D eigenvalue weighted by atomic mass is 16.4. The zero-order valence-electron chi connectivity index (χ0n) is 7.08. The van der Waals surface area contributed by atoms with Gasteiger partial charge < -0.3 is 20.4 Å². The minimum Gasteiger partial charge on any atom is -0.481 e. The van der Waals surface area contributed by atoms with Crippen LogP contribution in [-0.2, 0) is 14.4 Å². The fourth-order valence-corrected chi connectivity index (χ4v) is 0.867. The van der Waals surface area contributed by atoms with Crippen LogP contribution < -0.4 is 0 Å².